The molecule has 0 aliphatic carbocycles. The van der Waals surface area contributed by atoms with Gasteiger partial charge in [0, 0.05) is 0 Å². The fourth-order valence-corrected chi connectivity index (χ4v) is 2.61. The van der Waals surface area contributed by atoms with Crippen LogP contribution in [0.2, 0.25) is 0 Å². The molecule has 2 aliphatic heterocycles. The largest absolute Gasteiger partial charge is 0.465 e. The van der Waals surface area contributed by atoms with Crippen molar-refractivity contribution in [1.82, 2.24) is 10.0 Å². The van der Waals surface area contributed by atoms with Crippen LogP contribution in [0.1, 0.15) is 27.6 Å². The van der Waals surface area contributed by atoms with Gasteiger partial charge in [-0.25, -0.2) is 13.8 Å². The Balaban J connectivity index is 1.90. The van der Waals surface area contributed by atoms with Gasteiger partial charge in [0.1, 0.15) is 6.04 Å². The summed E-state index contributed by atoms with van der Waals surface area (Å²) in [7, 11) is 0. The highest BCUT2D eigenvalue weighted by molar-refractivity contribution is 6.21. The molecule has 2 aliphatic rings. The zero-order chi connectivity index (χ0) is 16.0. The second-order valence-corrected chi connectivity index (χ2v) is 4.87. The molecule has 1 fully saturated rings. The van der Waals surface area contributed by atoms with Crippen LogP contribution in [-0.4, -0.2) is 52.9 Å². The molecule has 2 heterocycles. The van der Waals surface area contributed by atoms with Crippen molar-refractivity contribution in [2.45, 2.75) is 25.4 Å². The number of rotatable bonds is 4. The molecule has 0 spiro atoms. The summed E-state index contributed by atoms with van der Waals surface area (Å²) < 4.78 is 30.8. The molecule has 22 heavy (non-hydrogen) atoms. The van der Waals surface area contributed by atoms with E-state index in [2.05, 4.69) is 0 Å². The highest BCUT2D eigenvalue weighted by Crippen LogP contribution is 2.40. The lowest BCUT2D eigenvalue weighted by atomic mass is 10.1. The molecule has 0 saturated carbocycles. The van der Waals surface area contributed by atoms with Crippen molar-refractivity contribution in [2.75, 3.05) is 6.61 Å². The van der Waals surface area contributed by atoms with Crippen molar-refractivity contribution in [3.05, 3.63) is 35.4 Å². The Hall–Kier alpha value is -2.35. The van der Waals surface area contributed by atoms with E-state index in [-0.39, 0.29) is 17.7 Å². The minimum absolute atomic E-state index is 0.0290. The molecule has 0 radical (unpaired) electrons. The number of carbonyl (C=O) groups excluding carboxylic acids is 3. The molecule has 1 aromatic rings. The minimum Gasteiger partial charge on any atom is -0.465 e. The Morgan fingerprint density at radius 2 is 1.77 bits per heavy atom. The molecule has 116 valence electrons. The van der Waals surface area contributed by atoms with E-state index in [1.807, 2.05) is 0 Å². The normalized spacial score (nSPS) is 26.4. The number of esters is 1. The van der Waals surface area contributed by atoms with E-state index in [0.717, 1.165) is 5.01 Å². The fourth-order valence-electron chi connectivity index (χ4n) is 2.61. The number of hydrazine groups is 1. The number of nitrogens with zero attached hydrogens (tertiary/aromatic N) is 2. The molecule has 3 atom stereocenters. The maximum absolute atomic E-state index is 13.1. The predicted molar refractivity (Wildman–Crippen MR) is 69.0 cm³/mol. The molecule has 1 saturated heterocycles. The second kappa shape index (κ2) is 5.13. The first-order valence-corrected chi connectivity index (χ1v) is 6.70. The van der Waals surface area contributed by atoms with E-state index >= 15 is 0 Å². The summed E-state index contributed by atoms with van der Waals surface area (Å²) in [5, 5.41) is 1.41. The molecule has 1 unspecified atom stereocenters. The number of carbonyl (C=O) groups is 3. The third kappa shape index (κ3) is 1.98. The van der Waals surface area contributed by atoms with Crippen molar-refractivity contribution < 1.29 is 27.9 Å². The van der Waals surface area contributed by atoms with Gasteiger partial charge in [0.15, 0.2) is 6.04 Å². The van der Waals surface area contributed by atoms with Gasteiger partial charge in [-0.2, -0.15) is 5.01 Å². The molecular formula is C14H12F2N2O4. The van der Waals surface area contributed by atoms with Crippen molar-refractivity contribution in [3.8, 4) is 0 Å². The summed E-state index contributed by atoms with van der Waals surface area (Å²) in [6.45, 7) is 1.57. The van der Waals surface area contributed by atoms with Crippen LogP contribution >= 0.6 is 0 Å². The zero-order valence-corrected chi connectivity index (χ0v) is 11.5. The van der Waals surface area contributed by atoms with Gasteiger partial charge >= 0.3 is 5.97 Å². The van der Waals surface area contributed by atoms with E-state index < -0.39 is 36.3 Å². The van der Waals surface area contributed by atoms with Gasteiger partial charge in [0.25, 0.3) is 18.2 Å². The summed E-state index contributed by atoms with van der Waals surface area (Å²) in [4.78, 5) is 36.2. The molecule has 1 aromatic carbocycles. The molecule has 0 N–H and O–H groups in total. The average Bonchev–Trinajstić information content (AvgIpc) is 3.17. The van der Waals surface area contributed by atoms with Crippen LogP contribution in [0.5, 0.6) is 0 Å². The van der Waals surface area contributed by atoms with Gasteiger partial charge in [0.2, 0.25) is 0 Å². The first-order valence-electron chi connectivity index (χ1n) is 6.70. The number of hydrogen-bond donors (Lipinski definition) is 0. The standard InChI is InChI=1S/C14H12F2N2O4/c1-2-22-14(21)10-9(11(15)16)17(10)18-12(19)7-5-3-4-6-8(7)13(18)20/h3-6,9-11H,2H2,1H3/t9-,10-,17?/m1/s1. The number of amides is 2. The quantitative estimate of drug-likeness (QED) is 0.473. The lowest BCUT2D eigenvalue weighted by molar-refractivity contribution is -0.144. The summed E-state index contributed by atoms with van der Waals surface area (Å²) in [6, 6.07) is 3.18. The first-order chi connectivity index (χ1) is 10.5. The topological polar surface area (TPSA) is 66.7 Å². The fraction of sp³-hybridized carbons (Fsp3) is 0.357. The summed E-state index contributed by atoms with van der Waals surface area (Å²) in [5.41, 5.74) is 0.269. The zero-order valence-electron chi connectivity index (χ0n) is 11.5. The summed E-state index contributed by atoms with van der Waals surface area (Å²) >= 11 is 0. The van der Waals surface area contributed by atoms with Crippen molar-refractivity contribution in [3.63, 3.8) is 0 Å². The van der Waals surface area contributed by atoms with Crippen LogP contribution in [0.25, 0.3) is 0 Å². The molecular weight excluding hydrogens is 298 g/mol. The first kappa shape index (κ1) is 14.6. The van der Waals surface area contributed by atoms with Crippen molar-refractivity contribution >= 4 is 17.8 Å². The van der Waals surface area contributed by atoms with E-state index in [0.29, 0.717) is 5.01 Å². The molecule has 8 heteroatoms. The van der Waals surface area contributed by atoms with E-state index in [1.165, 1.54) is 12.1 Å². The number of fused-ring (bicyclic) bond motifs is 1. The van der Waals surface area contributed by atoms with Crippen LogP contribution in [0.15, 0.2) is 24.3 Å². The van der Waals surface area contributed by atoms with Crippen LogP contribution in [0, 0.1) is 0 Å². The van der Waals surface area contributed by atoms with E-state index in [1.54, 1.807) is 19.1 Å². The molecule has 0 bridgehead atoms. The van der Waals surface area contributed by atoms with Crippen LogP contribution in [0.3, 0.4) is 0 Å². The van der Waals surface area contributed by atoms with Crippen molar-refractivity contribution in [1.29, 1.82) is 0 Å². The lowest BCUT2D eigenvalue weighted by Gasteiger charge is -2.15. The summed E-state index contributed by atoms with van der Waals surface area (Å²) in [5.74, 6) is -2.29. The Morgan fingerprint density at radius 3 is 2.23 bits per heavy atom. The summed E-state index contributed by atoms with van der Waals surface area (Å²) in [6.07, 6.45) is -2.88. The highest BCUT2D eigenvalue weighted by Gasteiger charge is 2.65. The van der Waals surface area contributed by atoms with Gasteiger partial charge in [0.05, 0.1) is 17.7 Å². The number of benzene rings is 1. The van der Waals surface area contributed by atoms with Gasteiger partial charge in [-0.1, -0.05) is 12.1 Å². The maximum Gasteiger partial charge on any atom is 0.327 e. The monoisotopic (exact) mass is 310 g/mol. The third-order valence-corrected chi connectivity index (χ3v) is 3.61. The number of halogens is 2. The van der Waals surface area contributed by atoms with Gasteiger partial charge < -0.3 is 4.74 Å². The van der Waals surface area contributed by atoms with E-state index in [9.17, 15) is 23.2 Å². The highest BCUT2D eigenvalue weighted by atomic mass is 19.3. The molecule has 6 nitrogen and oxygen atoms in total. The Bertz CT molecular complexity index is 629. The van der Waals surface area contributed by atoms with Gasteiger partial charge in [-0.05, 0) is 19.1 Å². The molecule has 3 rings (SSSR count). The van der Waals surface area contributed by atoms with Crippen LogP contribution < -0.4 is 0 Å². The number of alkyl halides is 2. The Labute approximate surface area is 124 Å². The van der Waals surface area contributed by atoms with Crippen LogP contribution in [0.4, 0.5) is 8.78 Å². The Morgan fingerprint density at radius 1 is 1.23 bits per heavy atom. The van der Waals surface area contributed by atoms with Crippen LogP contribution in [-0.2, 0) is 9.53 Å². The average molecular weight is 310 g/mol. The number of imide groups is 1. The maximum atomic E-state index is 13.1. The van der Waals surface area contributed by atoms with E-state index in [4.69, 9.17) is 4.74 Å². The minimum atomic E-state index is -2.88. The van der Waals surface area contributed by atoms with Gasteiger partial charge in [-0.3, -0.25) is 14.4 Å². The predicted octanol–water partition coefficient (Wildman–Crippen LogP) is 1.08. The molecule has 2 amide bonds. The Kier molecular flexibility index (Phi) is 3.40. The van der Waals surface area contributed by atoms with Gasteiger partial charge in [-0.15, -0.1) is 0 Å². The molecule has 0 aromatic heterocycles. The SMILES string of the molecule is CCOC(=O)[C@H]1[C@H](C(F)F)N1N1C(=O)c2ccccc2C1=O. The third-order valence-electron chi connectivity index (χ3n) is 3.61. The second-order valence-electron chi connectivity index (χ2n) is 4.87. The van der Waals surface area contributed by atoms with Crippen molar-refractivity contribution in [2.24, 2.45) is 0 Å². The smallest absolute Gasteiger partial charge is 0.327 e. The number of ether oxygens (including phenoxy) is 1. The number of hydrogen-bond acceptors (Lipinski definition) is 5. The lowest BCUT2D eigenvalue weighted by Crippen LogP contribution is -2.38.